The molecule has 0 rings (SSSR count). The smallest absolute Gasteiger partial charge is 0.256 e. The molecule has 0 saturated heterocycles. The Labute approximate surface area is 175 Å². The van der Waals surface area contributed by atoms with E-state index in [0.717, 1.165) is 38.2 Å². The van der Waals surface area contributed by atoms with E-state index >= 15 is 0 Å². The first-order chi connectivity index (χ1) is 13.1. The van der Waals surface area contributed by atoms with E-state index < -0.39 is 17.3 Å². The second-order valence-corrected chi connectivity index (χ2v) is 8.59. The molecule has 0 aliphatic rings. The van der Waals surface area contributed by atoms with E-state index in [-0.39, 0.29) is 17.7 Å². The molecule has 0 aromatic carbocycles. The molecular formula is C20H40N4O3S. The van der Waals surface area contributed by atoms with Crippen LogP contribution in [0.3, 0.4) is 0 Å². The van der Waals surface area contributed by atoms with Crippen LogP contribution >= 0.6 is 11.8 Å². The van der Waals surface area contributed by atoms with Gasteiger partial charge in [-0.2, -0.15) is 0 Å². The molecule has 3 amide bonds. The Hall–Kier alpha value is -1.28. The van der Waals surface area contributed by atoms with Crippen molar-refractivity contribution in [1.29, 1.82) is 0 Å². The van der Waals surface area contributed by atoms with Crippen LogP contribution in [0.4, 0.5) is 0 Å². The number of amides is 3. The van der Waals surface area contributed by atoms with Gasteiger partial charge in [0.1, 0.15) is 6.04 Å². The maximum absolute atomic E-state index is 13.2. The predicted octanol–water partition coefficient (Wildman–Crippen LogP) is 2.00. The summed E-state index contributed by atoms with van der Waals surface area (Å²) in [7, 11) is 3.26. The van der Waals surface area contributed by atoms with Gasteiger partial charge in [-0.05, 0) is 44.1 Å². The Morgan fingerprint density at radius 2 is 1.57 bits per heavy atom. The monoisotopic (exact) mass is 416 g/mol. The molecule has 0 aliphatic carbocycles. The number of carbonyl (C=O) groups excluding carboxylic acids is 3. The summed E-state index contributed by atoms with van der Waals surface area (Å²) >= 11 is 1.46. The summed E-state index contributed by atoms with van der Waals surface area (Å²) in [6, 6.07) is -0.694. The lowest BCUT2D eigenvalue weighted by atomic mass is 10.0. The fourth-order valence-corrected chi connectivity index (χ4v) is 4.34. The van der Waals surface area contributed by atoms with Crippen molar-refractivity contribution < 1.29 is 14.4 Å². The maximum atomic E-state index is 13.2. The molecule has 2 N–H and O–H groups in total. The zero-order valence-electron chi connectivity index (χ0n) is 18.7. The van der Waals surface area contributed by atoms with Crippen LogP contribution in [0.2, 0.25) is 0 Å². The maximum Gasteiger partial charge on any atom is 0.256 e. The Morgan fingerprint density at radius 1 is 1.00 bits per heavy atom. The summed E-state index contributed by atoms with van der Waals surface area (Å²) in [5.41, 5.74) is 5.52. The summed E-state index contributed by atoms with van der Waals surface area (Å²) in [5, 5.41) is -0.652. The van der Waals surface area contributed by atoms with Gasteiger partial charge in [0.15, 0.2) is 5.37 Å². The standard InChI is InChI=1S/C20H40N4O3S/c1-8-12-16(25)22(6)20(28-14-11-13-24(9-2)10-3)19(27)23(7)17(15(4)5)18(21)26/h15,17,20H,8-14H2,1-7H3,(H2,21,26)/t17-,20+/m0/s1. The van der Waals surface area contributed by atoms with E-state index in [1.54, 1.807) is 14.1 Å². The van der Waals surface area contributed by atoms with Crippen LogP contribution in [0.5, 0.6) is 0 Å². The lowest BCUT2D eigenvalue weighted by Crippen LogP contribution is -2.54. The molecule has 0 heterocycles. The van der Waals surface area contributed by atoms with Gasteiger partial charge < -0.3 is 20.4 Å². The number of likely N-dealkylation sites (N-methyl/N-ethyl adjacent to an activating group) is 2. The highest BCUT2D eigenvalue weighted by atomic mass is 32.2. The second-order valence-electron chi connectivity index (χ2n) is 7.40. The highest BCUT2D eigenvalue weighted by Gasteiger charge is 2.35. The van der Waals surface area contributed by atoms with Crippen LogP contribution in [0.1, 0.15) is 53.9 Å². The molecular weight excluding hydrogens is 376 g/mol. The van der Waals surface area contributed by atoms with Gasteiger partial charge in [0.05, 0.1) is 0 Å². The molecule has 2 atom stereocenters. The number of thioether (sulfide) groups is 1. The predicted molar refractivity (Wildman–Crippen MR) is 117 cm³/mol. The number of hydrogen-bond acceptors (Lipinski definition) is 5. The minimum Gasteiger partial charge on any atom is -0.368 e. The van der Waals surface area contributed by atoms with E-state index in [1.165, 1.54) is 21.6 Å². The Kier molecular flexibility index (Phi) is 13.2. The first-order valence-corrected chi connectivity index (χ1v) is 11.3. The summed E-state index contributed by atoms with van der Waals surface area (Å²) < 4.78 is 0. The average molecular weight is 417 g/mol. The molecule has 7 nitrogen and oxygen atoms in total. The first-order valence-electron chi connectivity index (χ1n) is 10.3. The van der Waals surface area contributed by atoms with Crippen LogP contribution < -0.4 is 5.73 Å². The zero-order chi connectivity index (χ0) is 21.9. The average Bonchev–Trinajstić information content (AvgIpc) is 2.63. The van der Waals surface area contributed by atoms with Crippen molar-refractivity contribution in [3.8, 4) is 0 Å². The Balaban J connectivity index is 5.27. The fourth-order valence-electron chi connectivity index (χ4n) is 3.17. The minimum atomic E-state index is -0.694. The van der Waals surface area contributed by atoms with Crippen LogP contribution in [-0.4, -0.2) is 83.3 Å². The van der Waals surface area contributed by atoms with Gasteiger partial charge in [-0.25, -0.2) is 0 Å². The highest BCUT2D eigenvalue weighted by Crippen LogP contribution is 2.22. The molecule has 164 valence electrons. The van der Waals surface area contributed by atoms with Gasteiger partial charge in [-0.1, -0.05) is 34.6 Å². The van der Waals surface area contributed by atoms with Crippen molar-refractivity contribution >= 4 is 29.5 Å². The first kappa shape index (κ1) is 26.7. The van der Waals surface area contributed by atoms with Crippen LogP contribution in [0.15, 0.2) is 0 Å². The van der Waals surface area contributed by atoms with Gasteiger partial charge >= 0.3 is 0 Å². The molecule has 0 aromatic heterocycles. The van der Waals surface area contributed by atoms with Crippen molar-refractivity contribution in [2.75, 3.05) is 39.5 Å². The van der Waals surface area contributed by atoms with Crippen molar-refractivity contribution in [2.45, 2.75) is 65.3 Å². The second kappa shape index (κ2) is 13.8. The largest absolute Gasteiger partial charge is 0.368 e. The van der Waals surface area contributed by atoms with E-state index in [9.17, 15) is 14.4 Å². The lowest BCUT2D eigenvalue weighted by molar-refractivity contribution is -0.144. The quantitative estimate of drug-likeness (QED) is 0.346. The van der Waals surface area contributed by atoms with Gasteiger partial charge in [-0.3, -0.25) is 14.4 Å². The van der Waals surface area contributed by atoms with Gasteiger partial charge in [-0.15, -0.1) is 11.8 Å². The SMILES string of the molecule is CCCC(=O)N(C)[C@H](SCCCN(CC)CC)C(=O)N(C)[C@H](C(N)=O)C(C)C. The number of carbonyl (C=O) groups is 3. The Bertz CT molecular complexity index is 498. The molecule has 0 spiro atoms. The zero-order valence-corrected chi connectivity index (χ0v) is 19.6. The third-order valence-corrected chi connectivity index (χ3v) is 6.25. The van der Waals surface area contributed by atoms with E-state index in [1.807, 2.05) is 20.8 Å². The summed E-state index contributed by atoms with van der Waals surface area (Å²) in [5.74, 6) is -0.189. The third kappa shape index (κ3) is 8.39. The molecule has 0 unspecified atom stereocenters. The molecule has 0 bridgehead atoms. The van der Waals surface area contributed by atoms with Crippen molar-refractivity contribution in [1.82, 2.24) is 14.7 Å². The van der Waals surface area contributed by atoms with Crippen LogP contribution in [0, 0.1) is 5.92 Å². The Morgan fingerprint density at radius 3 is 2.00 bits per heavy atom. The summed E-state index contributed by atoms with van der Waals surface area (Å²) in [6.45, 7) is 12.9. The van der Waals surface area contributed by atoms with E-state index in [0.29, 0.717) is 6.42 Å². The number of rotatable bonds is 14. The molecule has 0 fully saturated rings. The van der Waals surface area contributed by atoms with Gasteiger partial charge in [0, 0.05) is 20.5 Å². The number of nitrogens with two attached hydrogens (primary N) is 1. The fraction of sp³-hybridized carbons (Fsp3) is 0.850. The number of primary amides is 1. The van der Waals surface area contributed by atoms with Crippen molar-refractivity contribution in [2.24, 2.45) is 11.7 Å². The third-order valence-electron chi connectivity index (χ3n) is 4.90. The van der Waals surface area contributed by atoms with E-state index in [4.69, 9.17) is 5.73 Å². The van der Waals surface area contributed by atoms with Crippen LogP contribution in [-0.2, 0) is 14.4 Å². The minimum absolute atomic E-state index is 0.0642. The molecule has 28 heavy (non-hydrogen) atoms. The molecule has 8 heteroatoms. The topological polar surface area (TPSA) is 87.0 Å². The van der Waals surface area contributed by atoms with Crippen molar-refractivity contribution in [3.05, 3.63) is 0 Å². The lowest BCUT2D eigenvalue weighted by Gasteiger charge is -2.35. The van der Waals surface area contributed by atoms with Gasteiger partial charge in [0.2, 0.25) is 11.8 Å². The molecule has 0 saturated carbocycles. The van der Waals surface area contributed by atoms with E-state index in [2.05, 4.69) is 18.7 Å². The summed E-state index contributed by atoms with van der Waals surface area (Å²) in [4.78, 5) is 42.7. The number of nitrogens with zero attached hydrogens (tertiary/aromatic N) is 3. The van der Waals surface area contributed by atoms with Gasteiger partial charge in [0.25, 0.3) is 5.91 Å². The number of hydrogen-bond donors (Lipinski definition) is 1. The van der Waals surface area contributed by atoms with Crippen LogP contribution in [0.25, 0.3) is 0 Å². The van der Waals surface area contributed by atoms with Crippen molar-refractivity contribution in [3.63, 3.8) is 0 Å². The normalized spacial score (nSPS) is 13.5. The highest BCUT2D eigenvalue weighted by molar-refractivity contribution is 8.00. The molecule has 0 radical (unpaired) electrons. The molecule has 0 aromatic rings. The molecule has 0 aliphatic heterocycles. The summed E-state index contributed by atoms with van der Waals surface area (Å²) in [6.07, 6.45) is 2.05.